The fourth-order valence-corrected chi connectivity index (χ4v) is 2.21. The molecule has 0 fully saturated rings. The van der Waals surface area contributed by atoms with E-state index in [1.807, 2.05) is 42.5 Å². The molecule has 0 unspecified atom stereocenters. The zero-order chi connectivity index (χ0) is 14.7. The standard InChI is InChI=1S/C17H15BO3/c19-18(20)16-8-5-13(6-9-16)12-21-17-10-7-14-3-1-2-4-15(14)11-17/h1-11,19-20H,12H2. The Morgan fingerprint density at radius 3 is 2.24 bits per heavy atom. The molecule has 3 nitrogen and oxygen atoms in total. The van der Waals surface area contributed by atoms with Gasteiger partial charge in [-0.1, -0.05) is 54.6 Å². The molecule has 21 heavy (non-hydrogen) atoms. The van der Waals surface area contributed by atoms with Crippen LogP contribution >= 0.6 is 0 Å². The van der Waals surface area contributed by atoms with Crippen LogP contribution in [-0.2, 0) is 6.61 Å². The molecule has 0 aromatic heterocycles. The van der Waals surface area contributed by atoms with Crippen LogP contribution in [0.2, 0.25) is 0 Å². The topological polar surface area (TPSA) is 49.7 Å². The maximum Gasteiger partial charge on any atom is 0.488 e. The molecule has 0 atom stereocenters. The maximum atomic E-state index is 9.05. The molecule has 0 saturated heterocycles. The van der Waals surface area contributed by atoms with Gasteiger partial charge in [0, 0.05) is 0 Å². The van der Waals surface area contributed by atoms with Crippen LogP contribution in [-0.4, -0.2) is 17.2 Å². The number of ether oxygens (including phenoxy) is 1. The summed E-state index contributed by atoms with van der Waals surface area (Å²) in [6, 6.07) is 21.2. The van der Waals surface area contributed by atoms with Crippen molar-refractivity contribution in [1.82, 2.24) is 0 Å². The summed E-state index contributed by atoms with van der Waals surface area (Å²) in [7, 11) is -1.43. The van der Waals surface area contributed by atoms with Crippen LogP contribution in [0.4, 0.5) is 0 Å². The van der Waals surface area contributed by atoms with E-state index in [4.69, 9.17) is 14.8 Å². The molecule has 3 aromatic rings. The lowest BCUT2D eigenvalue weighted by atomic mass is 9.80. The van der Waals surface area contributed by atoms with Gasteiger partial charge in [0.25, 0.3) is 0 Å². The number of hydrogen-bond donors (Lipinski definition) is 2. The summed E-state index contributed by atoms with van der Waals surface area (Å²) in [4.78, 5) is 0. The fraction of sp³-hybridized carbons (Fsp3) is 0.0588. The van der Waals surface area contributed by atoms with Crippen LogP contribution in [0.1, 0.15) is 5.56 Å². The van der Waals surface area contributed by atoms with Crippen LogP contribution in [0.15, 0.2) is 66.7 Å². The first-order valence-corrected chi connectivity index (χ1v) is 6.79. The van der Waals surface area contributed by atoms with Crippen molar-refractivity contribution in [3.63, 3.8) is 0 Å². The van der Waals surface area contributed by atoms with Crippen LogP contribution < -0.4 is 10.2 Å². The number of rotatable bonds is 4. The van der Waals surface area contributed by atoms with E-state index in [0.717, 1.165) is 16.7 Å². The molecule has 0 amide bonds. The van der Waals surface area contributed by atoms with Gasteiger partial charge < -0.3 is 14.8 Å². The average molecular weight is 278 g/mol. The summed E-state index contributed by atoms with van der Waals surface area (Å²) < 4.78 is 5.78. The summed E-state index contributed by atoms with van der Waals surface area (Å²) in [6.45, 7) is 0.445. The Bertz CT molecular complexity index is 738. The molecule has 0 aliphatic rings. The Balaban J connectivity index is 1.71. The number of fused-ring (bicyclic) bond motifs is 1. The normalized spacial score (nSPS) is 10.6. The van der Waals surface area contributed by atoms with E-state index in [0.29, 0.717) is 12.1 Å². The Hall–Kier alpha value is -2.30. The third-order valence-electron chi connectivity index (χ3n) is 3.40. The zero-order valence-corrected chi connectivity index (χ0v) is 11.4. The average Bonchev–Trinajstić information content (AvgIpc) is 2.53. The summed E-state index contributed by atoms with van der Waals surface area (Å²) in [5.41, 5.74) is 1.46. The predicted molar refractivity (Wildman–Crippen MR) is 84.5 cm³/mol. The quantitative estimate of drug-likeness (QED) is 0.718. The molecule has 104 valence electrons. The van der Waals surface area contributed by atoms with Gasteiger partial charge in [-0.25, -0.2) is 0 Å². The van der Waals surface area contributed by atoms with Gasteiger partial charge in [0.15, 0.2) is 0 Å². The van der Waals surface area contributed by atoms with E-state index < -0.39 is 7.12 Å². The monoisotopic (exact) mass is 278 g/mol. The Morgan fingerprint density at radius 1 is 0.810 bits per heavy atom. The summed E-state index contributed by atoms with van der Waals surface area (Å²) in [5, 5.41) is 20.4. The molecular weight excluding hydrogens is 263 g/mol. The molecule has 0 aliphatic carbocycles. The van der Waals surface area contributed by atoms with Crippen molar-refractivity contribution in [2.45, 2.75) is 6.61 Å². The van der Waals surface area contributed by atoms with Crippen LogP contribution in [0.3, 0.4) is 0 Å². The molecule has 2 N–H and O–H groups in total. The molecule has 0 bridgehead atoms. The Labute approximate surface area is 123 Å². The SMILES string of the molecule is OB(O)c1ccc(COc2ccc3ccccc3c2)cc1. The lowest BCUT2D eigenvalue weighted by Gasteiger charge is -2.08. The second-order valence-corrected chi connectivity index (χ2v) is 4.91. The number of hydrogen-bond acceptors (Lipinski definition) is 3. The molecular formula is C17H15BO3. The third-order valence-corrected chi connectivity index (χ3v) is 3.40. The van der Waals surface area contributed by atoms with Crippen molar-refractivity contribution in [3.05, 3.63) is 72.3 Å². The van der Waals surface area contributed by atoms with E-state index in [-0.39, 0.29) is 0 Å². The first kappa shape index (κ1) is 13.7. The third kappa shape index (κ3) is 3.24. The second kappa shape index (κ2) is 6.00. The molecule has 4 heteroatoms. The zero-order valence-electron chi connectivity index (χ0n) is 11.4. The Kier molecular flexibility index (Phi) is 3.91. The van der Waals surface area contributed by atoms with Gasteiger partial charge in [-0.3, -0.25) is 0 Å². The summed E-state index contributed by atoms with van der Waals surface area (Å²) >= 11 is 0. The fourth-order valence-electron chi connectivity index (χ4n) is 2.21. The smallest absolute Gasteiger partial charge is 0.488 e. The van der Waals surface area contributed by atoms with E-state index in [1.165, 1.54) is 5.39 Å². The highest BCUT2D eigenvalue weighted by molar-refractivity contribution is 6.58. The van der Waals surface area contributed by atoms with Crippen molar-refractivity contribution in [1.29, 1.82) is 0 Å². The highest BCUT2D eigenvalue weighted by atomic mass is 16.5. The van der Waals surface area contributed by atoms with Crippen molar-refractivity contribution < 1.29 is 14.8 Å². The van der Waals surface area contributed by atoms with Crippen molar-refractivity contribution in [2.75, 3.05) is 0 Å². The highest BCUT2D eigenvalue weighted by Crippen LogP contribution is 2.21. The van der Waals surface area contributed by atoms with Crippen molar-refractivity contribution in [3.8, 4) is 5.75 Å². The molecule has 0 radical (unpaired) electrons. The van der Waals surface area contributed by atoms with Gasteiger partial charge >= 0.3 is 7.12 Å². The predicted octanol–water partition coefficient (Wildman–Crippen LogP) is 2.10. The van der Waals surface area contributed by atoms with E-state index in [1.54, 1.807) is 12.1 Å². The second-order valence-electron chi connectivity index (χ2n) is 4.91. The molecule has 3 aromatic carbocycles. The molecule has 3 rings (SSSR count). The largest absolute Gasteiger partial charge is 0.489 e. The van der Waals surface area contributed by atoms with Crippen LogP contribution in [0.5, 0.6) is 5.75 Å². The Morgan fingerprint density at radius 2 is 1.52 bits per heavy atom. The summed E-state index contributed by atoms with van der Waals surface area (Å²) in [5.74, 6) is 0.819. The molecule has 0 saturated carbocycles. The van der Waals surface area contributed by atoms with Gasteiger partial charge in [0.1, 0.15) is 12.4 Å². The van der Waals surface area contributed by atoms with Gasteiger partial charge in [0.05, 0.1) is 0 Å². The van der Waals surface area contributed by atoms with Gasteiger partial charge in [0.2, 0.25) is 0 Å². The van der Waals surface area contributed by atoms with Crippen molar-refractivity contribution in [2.24, 2.45) is 0 Å². The van der Waals surface area contributed by atoms with Crippen molar-refractivity contribution >= 4 is 23.4 Å². The van der Waals surface area contributed by atoms with Gasteiger partial charge in [-0.15, -0.1) is 0 Å². The minimum absolute atomic E-state index is 0.445. The molecule has 0 spiro atoms. The highest BCUT2D eigenvalue weighted by Gasteiger charge is 2.09. The minimum Gasteiger partial charge on any atom is -0.489 e. The van der Waals surface area contributed by atoms with E-state index in [9.17, 15) is 0 Å². The van der Waals surface area contributed by atoms with E-state index >= 15 is 0 Å². The maximum absolute atomic E-state index is 9.05. The van der Waals surface area contributed by atoms with Gasteiger partial charge in [-0.05, 0) is 33.9 Å². The lowest BCUT2D eigenvalue weighted by molar-refractivity contribution is 0.306. The van der Waals surface area contributed by atoms with Crippen LogP contribution in [0.25, 0.3) is 10.8 Å². The van der Waals surface area contributed by atoms with E-state index in [2.05, 4.69) is 12.1 Å². The van der Waals surface area contributed by atoms with Gasteiger partial charge in [-0.2, -0.15) is 0 Å². The lowest BCUT2D eigenvalue weighted by Crippen LogP contribution is -2.29. The molecule has 0 heterocycles. The minimum atomic E-state index is -1.43. The summed E-state index contributed by atoms with van der Waals surface area (Å²) in [6.07, 6.45) is 0. The van der Waals surface area contributed by atoms with Crippen LogP contribution in [0, 0.1) is 0 Å². The first-order chi connectivity index (χ1) is 10.2. The molecule has 0 aliphatic heterocycles. The first-order valence-electron chi connectivity index (χ1n) is 6.79. The number of benzene rings is 3.